The van der Waals surface area contributed by atoms with Gasteiger partial charge in [-0.2, -0.15) is 0 Å². The number of nitrogens with two attached hydrogens (primary N) is 1. The maximum Gasteiger partial charge on any atom is 0.407 e. The smallest absolute Gasteiger partial charge is 0.407 e. The van der Waals surface area contributed by atoms with Gasteiger partial charge in [-0.1, -0.05) is 30.3 Å². The molecule has 2 fully saturated rings. The lowest BCUT2D eigenvalue weighted by atomic mass is 9.88. The molecule has 1 aromatic carbocycles. The third kappa shape index (κ3) is 14.6. The van der Waals surface area contributed by atoms with E-state index in [1.165, 1.54) is 0 Å². The van der Waals surface area contributed by atoms with Crippen molar-refractivity contribution in [1.29, 1.82) is 0 Å². The molecule has 0 bridgehead atoms. The molecule has 0 aromatic heterocycles. The number of rotatable bonds is 7. The van der Waals surface area contributed by atoms with Crippen LogP contribution in [0.1, 0.15) is 85.6 Å². The molecule has 12 nitrogen and oxygen atoms in total. The van der Waals surface area contributed by atoms with Crippen LogP contribution in [0, 0.1) is 0 Å². The molecular weight excluding hydrogens is 568 g/mol. The van der Waals surface area contributed by atoms with Crippen LogP contribution in [-0.2, 0) is 30.3 Å². The zero-order valence-electron chi connectivity index (χ0n) is 27.6. The molecule has 44 heavy (non-hydrogen) atoms. The van der Waals surface area contributed by atoms with Gasteiger partial charge in [0.25, 0.3) is 0 Å². The highest BCUT2D eigenvalue weighted by molar-refractivity contribution is 5.69. The molecule has 12 heteroatoms. The van der Waals surface area contributed by atoms with Gasteiger partial charge in [0.15, 0.2) is 0 Å². The maximum atomic E-state index is 12.1. The second-order valence-electron chi connectivity index (χ2n) is 13.3. The fraction of sp³-hybridized carbons (Fsp3) is 0.719. The highest BCUT2D eigenvalue weighted by Crippen LogP contribution is 2.23. The Morgan fingerprint density at radius 1 is 0.727 bits per heavy atom. The maximum absolute atomic E-state index is 12.1. The number of carbonyl (C=O) groups excluding carboxylic acids is 3. The second kappa shape index (κ2) is 17.4. The van der Waals surface area contributed by atoms with Gasteiger partial charge in [0.05, 0.1) is 24.3 Å². The Hall–Kier alpha value is -3.09. The van der Waals surface area contributed by atoms with Crippen LogP contribution in [0.4, 0.5) is 14.4 Å². The van der Waals surface area contributed by atoms with Crippen LogP contribution in [0.25, 0.3) is 0 Å². The van der Waals surface area contributed by atoms with Crippen LogP contribution in [0.5, 0.6) is 0 Å². The summed E-state index contributed by atoms with van der Waals surface area (Å²) in [4.78, 5) is 35.8. The molecule has 250 valence electrons. The summed E-state index contributed by atoms with van der Waals surface area (Å²) in [7, 11) is 3.28. The fourth-order valence-corrected chi connectivity index (χ4v) is 5.17. The van der Waals surface area contributed by atoms with E-state index in [1.54, 1.807) is 14.2 Å². The molecular formula is C32H54N4O8. The Balaban J connectivity index is 0.000000342. The zero-order valence-corrected chi connectivity index (χ0v) is 27.6. The Morgan fingerprint density at radius 2 is 1.23 bits per heavy atom. The lowest BCUT2D eigenvalue weighted by Gasteiger charge is -2.36. The average Bonchev–Trinajstić information content (AvgIpc) is 2.91. The molecule has 0 heterocycles. The van der Waals surface area contributed by atoms with E-state index in [1.807, 2.05) is 71.9 Å². The van der Waals surface area contributed by atoms with Crippen LogP contribution < -0.4 is 21.7 Å². The van der Waals surface area contributed by atoms with E-state index in [0.717, 1.165) is 37.7 Å². The van der Waals surface area contributed by atoms with E-state index in [2.05, 4.69) is 16.0 Å². The molecule has 3 amide bonds. The summed E-state index contributed by atoms with van der Waals surface area (Å²) >= 11 is 0. The number of nitrogens with one attached hydrogen (secondary N) is 3. The van der Waals surface area contributed by atoms with E-state index < -0.39 is 29.5 Å². The molecule has 0 unspecified atom stereocenters. The molecule has 0 radical (unpaired) electrons. The Morgan fingerprint density at radius 3 is 1.73 bits per heavy atom. The minimum absolute atomic E-state index is 0.0299. The van der Waals surface area contributed by atoms with E-state index >= 15 is 0 Å². The third-order valence-corrected chi connectivity index (χ3v) is 7.16. The van der Waals surface area contributed by atoms with E-state index in [4.69, 9.17) is 29.4 Å². The van der Waals surface area contributed by atoms with E-state index in [-0.39, 0.29) is 43.0 Å². The van der Waals surface area contributed by atoms with Crippen LogP contribution in [0.15, 0.2) is 30.3 Å². The quantitative estimate of drug-likeness (QED) is 0.314. The van der Waals surface area contributed by atoms with Crippen LogP contribution in [0.2, 0.25) is 0 Å². The van der Waals surface area contributed by atoms with Crippen molar-refractivity contribution in [3.63, 3.8) is 0 Å². The van der Waals surface area contributed by atoms with Crippen molar-refractivity contribution in [3.05, 3.63) is 35.9 Å². The molecule has 0 saturated heterocycles. The van der Waals surface area contributed by atoms with Gasteiger partial charge in [-0.3, -0.25) is 0 Å². The van der Waals surface area contributed by atoms with Gasteiger partial charge in [0.1, 0.15) is 17.8 Å². The topological polar surface area (TPSA) is 159 Å². The van der Waals surface area contributed by atoms with Crippen molar-refractivity contribution in [3.8, 4) is 0 Å². The van der Waals surface area contributed by atoms with Crippen molar-refractivity contribution < 1.29 is 38.1 Å². The van der Waals surface area contributed by atoms with Crippen LogP contribution in [0.3, 0.4) is 0 Å². The van der Waals surface area contributed by atoms with Gasteiger partial charge in [-0.25, -0.2) is 14.4 Å². The fourth-order valence-electron chi connectivity index (χ4n) is 5.17. The molecule has 6 atom stereocenters. The SMILES string of the molecule is CO[C@H]1CC[C@H](N)C[C@@H]1NC(=O)OC(C)(C)C.CO[C@H]1CC[C@H](NC(=O)OCc2ccccc2)C[C@@H]1NC(=O)OC(C)(C)C. The third-order valence-electron chi connectivity index (χ3n) is 7.16. The minimum atomic E-state index is -0.569. The Bertz CT molecular complexity index is 1030. The molecule has 2 saturated carbocycles. The number of methoxy groups -OCH3 is 2. The van der Waals surface area contributed by atoms with Crippen LogP contribution in [-0.4, -0.2) is 80.1 Å². The van der Waals surface area contributed by atoms with E-state index in [9.17, 15) is 14.4 Å². The van der Waals surface area contributed by atoms with Crippen molar-refractivity contribution >= 4 is 18.3 Å². The molecule has 2 aliphatic carbocycles. The molecule has 1 aromatic rings. The highest BCUT2D eigenvalue weighted by atomic mass is 16.6. The zero-order chi connectivity index (χ0) is 32.9. The van der Waals surface area contributed by atoms with Gasteiger partial charge < -0.3 is 45.4 Å². The van der Waals surface area contributed by atoms with Crippen molar-refractivity contribution in [2.75, 3.05) is 14.2 Å². The second-order valence-corrected chi connectivity index (χ2v) is 13.3. The lowest BCUT2D eigenvalue weighted by molar-refractivity contribution is 0.0159. The monoisotopic (exact) mass is 622 g/mol. The summed E-state index contributed by atoms with van der Waals surface area (Å²) in [6, 6.07) is 9.24. The predicted octanol–water partition coefficient (Wildman–Crippen LogP) is 4.78. The Labute approximate surface area is 262 Å². The first kappa shape index (κ1) is 37.1. The molecule has 5 N–H and O–H groups in total. The van der Waals surface area contributed by atoms with Gasteiger partial charge in [-0.05, 0) is 85.6 Å². The summed E-state index contributed by atoms with van der Waals surface area (Å²) in [6.07, 6.45) is 3.14. The van der Waals surface area contributed by atoms with E-state index in [0.29, 0.717) is 6.42 Å². The number of ether oxygens (including phenoxy) is 5. The molecule has 0 aliphatic heterocycles. The minimum Gasteiger partial charge on any atom is -0.445 e. The highest BCUT2D eigenvalue weighted by Gasteiger charge is 2.34. The summed E-state index contributed by atoms with van der Waals surface area (Å²) in [6.45, 7) is 11.2. The van der Waals surface area contributed by atoms with Gasteiger partial charge in [0.2, 0.25) is 0 Å². The largest absolute Gasteiger partial charge is 0.445 e. The van der Waals surface area contributed by atoms with Crippen molar-refractivity contribution in [2.45, 2.75) is 134 Å². The van der Waals surface area contributed by atoms with Gasteiger partial charge >= 0.3 is 18.3 Å². The first-order valence-electron chi connectivity index (χ1n) is 15.4. The lowest BCUT2D eigenvalue weighted by Crippen LogP contribution is -2.53. The summed E-state index contributed by atoms with van der Waals surface area (Å²) in [5, 5.41) is 8.58. The van der Waals surface area contributed by atoms with Gasteiger partial charge in [-0.15, -0.1) is 0 Å². The van der Waals surface area contributed by atoms with Crippen molar-refractivity contribution in [1.82, 2.24) is 16.0 Å². The number of alkyl carbamates (subject to hydrolysis) is 3. The number of amides is 3. The molecule has 2 aliphatic rings. The summed E-state index contributed by atoms with van der Waals surface area (Å²) in [5.41, 5.74) is 5.78. The number of hydrogen-bond donors (Lipinski definition) is 4. The number of carbonyl (C=O) groups is 3. The Kier molecular flexibility index (Phi) is 14.7. The molecule has 3 rings (SSSR count). The summed E-state index contributed by atoms with van der Waals surface area (Å²) in [5.74, 6) is 0. The first-order chi connectivity index (χ1) is 20.6. The summed E-state index contributed by atoms with van der Waals surface area (Å²) < 4.78 is 26.7. The normalized spacial score (nSPS) is 25.4. The average molecular weight is 623 g/mol. The predicted molar refractivity (Wildman–Crippen MR) is 167 cm³/mol. The number of hydrogen-bond acceptors (Lipinski definition) is 9. The van der Waals surface area contributed by atoms with Crippen LogP contribution >= 0.6 is 0 Å². The number of benzene rings is 1. The molecule has 0 spiro atoms. The van der Waals surface area contributed by atoms with Gasteiger partial charge in [0, 0.05) is 26.3 Å². The van der Waals surface area contributed by atoms with Crippen molar-refractivity contribution in [2.24, 2.45) is 5.73 Å². The standard InChI is InChI=1S/C20H30N2O5.C12H24N2O3/c1-20(2,3)27-19(24)22-16-12-15(10-11-17(16)25-4)21-18(23)26-13-14-8-6-5-7-9-14;1-12(2,3)17-11(15)14-9-7-8(13)5-6-10(9)16-4/h5-9,15-17H,10-13H2,1-4H3,(H,21,23)(H,22,24);8-10H,5-7,13H2,1-4H3,(H,14,15)/t15-,16-,17-;8-,9-,10-/m00/s1. The first-order valence-corrected chi connectivity index (χ1v) is 15.4.